The molecule has 2 aliphatic rings. The number of alkyl halides is 6. The highest BCUT2D eigenvalue weighted by Gasteiger charge is 2.73. The van der Waals surface area contributed by atoms with Crippen LogP contribution < -0.4 is 0 Å². The first kappa shape index (κ1) is 37.0. The highest BCUT2D eigenvalue weighted by Crippen LogP contribution is 2.53. The molecule has 7 nitrogen and oxygen atoms in total. The molecule has 48 heavy (non-hydrogen) atoms. The van der Waals surface area contributed by atoms with Crippen molar-refractivity contribution >= 4 is 22.7 Å². The second-order valence-corrected chi connectivity index (χ2v) is 13.1. The van der Waals surface area contributed by atoms with E-state index >= 15 is 0 Å². The maximum absolute atomic E-state index is 14.4. The van der Waals surface area contributed by atoms with Crippen molar-refractivity contribution in [2.24, 2.45) is 0 Å². The fraction of sp³-hybridized carbons (Fsp3) is 0.438. The lowest BCUT2D eigenvalue weighted by atomic mass is 9.88. The molecule has 2 aliphatic heterocycles. The highest BCUT2D eigenvalue weighted by molar-refractivity contribution is 7.89. The van der Waals surface area contributed by atoms with Gasteiger partial charge in [-0.25, -0.2) is 13.6 Å². The Morgan fingerprint density at radius 1 is 0.896 bits per heavy atom. The summed E-state index contributed by atoms with van der Waals surface area (Å²) in [5, 5.41) is -0.822. The van der Waals surface area contributed by atoms with Gasteiger partial charge < -0.3 is 19.4 Å². The normalized spacial score (nSPS) is 20.0. The summed E-state index contributed by atoms with van der Waals surface area (Å²) in [4.78, 5) is 29.9. The van der Waals surface area contributed by atoms with Crippen molar-refractivity contribution in [3.8, 4) is 0 Å². The van der Waals surface area contributed by atoms with Gasteiger partial charge in [-0.2, -0.15) is 26.3 Å². The van der Waals surface area contributed by atoms with E-state index in [0.29, 0.717) is 37.4 Å². The number of allylic oxidation sites excluding steroid dienone is 2. The lowest BCUT2D eigenvalue weighted by molar-refractivity contribution is -0.392. The molecule has 2 unspecified atom stereocenters. The van der Waals surface area contributed by atoms with Crippen LogP contribution in [0.15, 0.2) is 66.1 Å². The Bertz CT molecular complexity index is 1540. The maximum atomic E-state index is 14.4. The van der Waals surface area contributed by atoms with Crippen molar-refractivity contribution in [3.63, 3.8) is 0 Å². The average molecular weight is 708 g/mol. The van der Waals surface area contributed by atoms with Gasteiger partial charge in [-0.05, 0) is 24.6 Å². The first-order valence-corrected chi connectivity index (χ1v) is 16.0. The number of amides is 3. The van der Waals surface area contributed by atoms with Crippen LogP contribution in [0.3, 0.4) is 0 Å². The van der Waals surface area contributed by atoms with Gasteiger partial charge in [-0.15, -0.1) is 0 Å². The molecule has 262 valence electrons. The smallest absolute Gasteiger partial charge is 0.349 e. The van der Waals surface area contributed by atoms with Gasteiger partial charge in [0.05, 0.1) is 22.7 Å². The van der Waals surface area contributed by atoms with Gasteiger partial charge >= 0.3 is 18.4 Å². The fourth-order valence-electron chi connectivity index (χ4n) is 5.88. The number of urea groups is 1. The van der Waals surface area contributed by atoms with Crippen LogP contribution in [-0.2, 0) is 32.5 Å². The predicted molar refractivity (Wildman–Crippen MR) is 161 cm³/mol. The molecule has 0 aliphatic carbocycles. The lowest BCUT2D eigenvalue weighted by Gasteiger charge is -2.37. The number of hydrogen-bond donors (Lipinski definition) is 0. The zero-order chi connectivity index (χ0) is 35.6. The second-order valence-electron chi connectivity index (χ2n) is 11.4. The van der Waals surface area contributed by atoms with E-state index in [-0.39, 0.29) is 42.6 Å². The van der Waals surface area contributed by atoms with E-state index in [1.165, 1.54) is 22.8 Å². The van der Waals surface area contributed by atoms with Crippen LogP contribution in [0.4, 0.5) is 39.9 Å². The van der Waals surface area contributed by atoms with E-state index in [2.05, 4.69) is 11.3 Å². The summed E-state index contributed by atoms with van der Waals surface area (Å²) in [5.74, 6) is -3.70. The van der Waals surface area contributed by atoms with Crippen LogP contribution >= 0.6 is 0 Å². The maximum Gasteiger partial charge on any atom is 0.430 e. The lowest BCUT2D eigenvalue weighted by Crippen LogP contribution is -2.55. The van der Waals surface area contributed by atoms with Crippen molar-refractivity contribution < 1.29 is 53.7 Å². The molecule has 0 radical (unpaired) electrons. The third-order valence-electron chi connectivity index (χ3n) is 8.46. The molecule has 0 N–H and O–H groups in total. The first-order chi connectivity index (χ1) is 22.4. The molecular formula is C32H33F8N3O4S. The first-order valence-electron chi connectivity index (χ1n) is 14.7. The predicted octanol–water partition coefficient (Wildman–Crippen LogP) is 6.39. The summed E-state index contributed by atoms with van der Waals surface area (Å²) in [5.41, 5.74) is -7.28. The topological polar surface area (TPSA) is 70.2 Å². The highest BCUT2D eigenvalue weighted by atomic mass is 32.2. The van der Waals surface area contributed by atoms with Crippen molar-refractivity contribution in [2.45, 2.75) is 49.6 Å². The molecule has 4 rings (SSSR count). The number of hydrogen-bond acceptors (Lipinski definition) is 4. The van der Waals surface area contributed by atoms with Gasteiger partial charge in [0.2, 0.25) is 5.91 Å². The summed E-state index contributed by atoms with van der Waals surface area (Å²) in [7, 11) is -1.81. The molecule has 0 spiro atoms. The Labute approximate surface area is 274 Å². The molecule has 0 saturated carbocycles. The number of carbonyl (C=O) groups excluding carboxylic acids is 2. The number of ether oxygens (including phenoxy) is 1. The number of rotatable bonds is 8. The number of likely N-dealkylation sites (tertiary alicyclic amines) is 1. The quantitative estimate of drug-likeness (QED) is 0.236. The molecule has 2 aromatic rings. The molecular weight excluding hydrogens is 674 g/mol. The Kier molecular flexibility index (Phi) is 11.1. The number of nitrogens with zero attached hydrogens (tertiary/aromatic N) is 3. The summed E-state index contributed by atoms with van der Waals surface area (Å²) in [6.45, 7) is 6.17. The summed E-state index contributed by atoms with van der Waals surface area (Å²) in [6, 6.07) is 4.94. The number of piperazine rings is 1. The molecule has 0 aromatic heterocycles. The van der Waals surface area contributed by atoms with Crippen molar-refractivity contribution in [1.82, 2.24) is 14.7 Å². The number of halogens is 8. The summed E-state index contributed by atoms with van der Waals surface area (Å²) in [6.07, 6.45) is -9.15. The van der Waals surface area contributed by atoms with Gasteiger partial charge in [0.1, 0.15) is 11.6 Å². The molecule has 2 heterocycles. The average Bonchev–Trinajstić information content (AvgIpc) is 3.46. The van der Waals surface area contributed by atoms with E-state index in [4.69, 9.17) is 0 Å². The van der Waals surface area contributed by atoms with Crippen LogP contribution in [0.2, 0.25) is 0 Å². The van der Waals surface area contributed by atoms with Crippen LogP contribution in [0, 0.1) is 11.6 Å². The largest absolute Gasteiger partial charge is 0.430 e. The Balaban J connectivity index is 1.68. The van der Waals surface area contributed by atoms with Gasteiger partial charge in [0, 0.05) is 68.1 Å². The minimum absolute atomic E-state index is 0.0479. The standard InChI is InChI=1S/C32H33F8N3O4S/c1-4-6-20(2)48(46)28-18-43(29(45)42-15-13-41(14-16-42)21(3)44)17-24(28)22-9-11-23(12-10-22)30(31(35,36)37,32(38,39)40)47-19-25-26(33)7-5-8-27(25)34/h4-12,24,28H,2,13-19H2,1,3H3/b6-4-/t24?,28-,48?/m1/s1. The molecule has 2 aromatic carbocycles. The molecule has 3 amide bonds. The second kappa shape index (κ2) is 14.4. The van der Waals surface area contributed by atoms with Crippen LogP contribution in [-0.4, -0.2) is 87.7 Å². The minimum atomic E-state index is -6.12. The SMILES string of the molecule is C=C(/C=C\C)S(=O)[C@@H]1CN(C(=O)N2CCN(C(C)=O)CC2)CC1c1ccc(C(OCc2c(F)cccc2F)(C(F)(F)F)C(F)(F)F)cc1. The summed E-state index contributed by atoms with van der Waals surface area (Å²) < 4.78 is 133. The molecule has 16 heteroatoms. The third kappa shape index (κ3) is 7.28. The fourth-order valence-corrected chi connectivity index (χ4v) is 7.39. The van der Waals surface area contributed by atoms with Crippen LogP contribution in [0.1, 0.15) is 36.5 Å². The summed E-state index contributed by atoms with van der Waals surface area (Å²) >= 11 is 0. The van der Waals surface area contributed by atoms with E-state index in [0.717, 1.165) is 18.2 Å². The molecule has 2 saturated heterocycles. The monoisotopic (exact) mass is 707 g/mol. The third-order valence-corrected chi connectivity index (χ3v) is 10.1. The zero-order valence-corrected chi connectivity index (χ0v) is 26.7. The zero-order valence-electron chi connectivity index (χ0n) is 25.9. The van der Waals surface area contributed by atoms with Crippen molar-refractivity contribution in [2.75, 3.05) is 39.3 Å². The Morgan fingerprint density at radius 3 is 1.94 bits per heavy atom. The Morgan fingerprint density at radius 2 is 1.44 bits per heavy atom. The molecule has 0 bridgehead atoms. The molecule has 2 fully saturated rings. The van der Waals surface area contributed by atoms with Gasteiger partial charge in [0.25, 0.3) is 5.60 Å². The Hall–Kier alpha value is -3.79. The molecule has 3 atom stereocenters. The minimum Gasteiger partial charge on any atom is -0.349 e. The van der Waals surface area contributed by atoms with Crippen LogP contribution in [0.5, 0.6) is 0 Å². The van der Waals surface area contributed by atoms with Gasteiger partial charge in [-0.3, -0.25) is 9.00 Å². The number of benzene rings is 2. The van der Waals surface area contributed by atoms with Gasteiger partial charge in [0.15, 0.2) is 0 Å². The van der Waals surface area contributed by atoms with Crippen molar-refractivity contribution in [3.05, 3.63) is 94.4 Å². The van der Waals surface area contributed by atoms with E-state index in [1.54, 1.807) is 17.9 Å². The number of carbonyl (C=O) groups is 2. The van der Waals surface area contributed by atoms with E-state index < -0.39 is 75.3 Å². The van der Waals surface area contributed by atoms with Crippen molar-refractivity contribution in [1.29, 1.82) is 0 Å². The van der Waals surface area contributed by atoms with Crippen LogP contribution in [0.25, 0.3) is 0 Å². The van der Waals surface area contributed by atoms with E-state index in [1.807, 2.05) is 0 Å². The van der Waals surface area contributed by atoms with Gasteiger partial charge in [-0.1, -0.05) is 49.1 Å². The van der Waals surface area contributed by atoms with E-state index in [9.17, 15) is 48.9 Å².